The second kappa shape index (κ2) is 9.09. The molecule has 178 valence electrons. The van der Waals surface area contributed by atoms with E-state index in [9.17, 15) is 9.90 Å². The van der Waals surface area contributed by atoms with Crippen LogP contribution in [-0.4, -0.2) is 82.8 Å². The van der Waals surface area contributed by atoms with Gasteiger partial charge in [0.15, 0.2) is 23.9 Å². The standard InChI is InChI=1S/C17H21ClFN9O5/c1-3-17(15(30)31-4-2,14-24-26-27-25-14)32-5-7-10(29)8(19)13(33-7)28-6-21-9-11(20)22-16(18)23-12(9)28/h6-8,10,13,29H,3-5H2,1-2H3,(H2,20,22,23)(H,24,25,26,27)/t7-,8+,10-,13-,17?/m1/s1. The number of aromatic amines is 1. The number of halogens is 2. The number of fused-ring (bicyclic) bond motifs is 1. The van der Waals surface area contributed by atoms with Crippen molar-refractivity contribution < 1.29 is 28.5 Å². The van der Waals surface area contributed by atoms with E-state index in [0.717, 1.165) is 0 Å². The molecular weight excluding hydrogens is 465 g/mol. The number of nitrogens with two attached hydrogens (primary N) is 1. The second-order valence-electron chi connectivity index (χ2n) is 7.15. The van der Waals surface area contributed by atoms with Crippen molar-refractivity contribution in [2.45, 2.75) is 50.5 Å². The highest BCUT2D eigenvalue weighted by Crippen LogP contribution is 2.36. The Hall–Kier alpha value is -3.01. The minimum absolute atomic E-state index is 0.0138. The number of aliphatic hydroxyl groups is 1. The van der Waals surface area contributed by atoms with Crippen molar-refractivity contribution in [3.8, 4) is 0 Å². The minimum atomic E-state index is -1.88. The summed E-state index contributed by atoms with van der Waals surface area (Å²) in [5.41, 5.74) is 4.40. The van der Waals surface area contributed by atoms with E-state index in [0.29, 0.717) is 0 Å². The maximum atomic E-state index is 15.1. The van der Waals surface area contributed by atoms with Crippen LogP contribution in [0.1, 0.15) is 32.3 Å². The Bertz CT molecular complexity index is 1130. The number of H-pyrrole nitrogens is 1. The number of esters is 1. The molecule has 0 aliphatic carbocycles. The topological polar surface area (TPSA) is 189 Å². The smallest absolute Gasteiger partial charge is 0.346 e. The number of carbonyl (C=O) groups excluding carboxylic acids is 1. The highest BCUT2D eigenvalue weighted by atomic mass is 35.5. The Morgan fingerprint density at radius 1 is 1.45 bits per heavy atom. The number of carbonyl (C=O) groups is 1. The zero-order valence-electron chi connectivity index (χ0n) is 17.6. The molecule has 16 heteroatoms. The van der Waals surface area contributed by atoms with Crippen LogP contribution in [-0.2, 0) is 24.6 Å². The van der Waals surface area contributed by atoms with Crippen molar-refractivity contribution in [2.75, 3.05) is 18.9 Å². The number of nitrogens with one attached hydrogen (secondary N) is 1. The van der Waals surface area contributed by atoms with E-state index in [1.54, 1.807) is 13.8 Å². The number of anilines is 1. The van der Waals surface area contributed by atoms with Gasteiger partial charge in [-0.25, -0.2) is 14.2 Å². The van der Waals surface area contributed by atoms with Crippen LogP contribution in [0.15, 0.2) is 6.33 Å². The third kappa shape index (κ3) is 3.96. The zero-order valence-corrected chi connectivity index (χ0v) is 18.3. The summed E-state index contributed by atoms with van der Waals surface area (Å²) < 4.78 is 33.0. The number of hydrogen-bond donors (Lipinski definition) is 3. The summed E-state index contributed by atoms with van der Waals surface area (Å²) in [5.74, 6) is -0.802. The summed E-state index contributed by atoms with van der Waals surface area (Å²) in [5, 5.41) is 23.8. The van der Waals surface area contributed by atoms with Crippen LogP contribution >= 0.6 is 11.6 Å². The van der Waals surface area contributed by atoms with Gasteiger partial charge in [0.2, 0.25) is 16.7 Å². The van der Waals surface area contributed by atoms with Crippen molar-refractivity contribution >= 4 is 34.6 Å². The van der Waals surface area contributed by atoms with Crippen molar-refractivity contribution in [3.05, 3.63) is 17.4 Å². The molecule has 33 heavy (non-hydrogen) atoms. The number of aromatic nitrogens is 8. The molecular formula is C17H21ClFN9O5. The van der Waals surface area contributed by atoms with Crippen LogP contribution < -0.4 is 5.73 Å². The molecule has 1 aliphatic rings. The normalized spacial score (nSPS) is 24.8. The average molecular weight is 486 g/mol. The molecule has 1 saturated heterocycles. The lowest BCUT2D eigenvalue weighted by atomic mass is 9.99. The van der Waals surface area contributed by atoms with Crippen LogP contribution in [0.4, 0.5) is 10.2 Å². The van der Waals surface area contributed by atoms with Crippen LogP contribution in [0.2, 0.25) is 5.28 Å². The lowest BCUT2D eigenvalue weighted by Gasteiger charge is -2.28. The number of imidazole rings is 1. The molecule has 3 aromatic heterocycles. The van der Waals surface area contributed by atoms with Crippen molar-refractivity contribution in [1.29, 1.82) is 0 Å². The number of rotatable bonds is 8. The Labute approximate surface area is 190 Å². The largest absolute Gasteiger partial charge is 0.463 e. The van der Waals surface area contributed by atoms with Gasteiger partial charge in [-0.15, -0.1) is 10.2 Å². The summed E-state index contributed by atoms with van der Waals surface area (Å²) in [4.78, 5) is 24.6. The molecule has 1 fully saturated rings. The van der Waals surface area contributed by atoms with Crippen LogP contribution in [0.5, 0.6) is 0 Å². The SMILES string of the molecule is CCOC(=O)C(CC)(OC[C@H]1O[C@@H](n2cnc3c(N)nc(Cl)nc32)[C@@H](F)[C@@H]1O)c1nn[nH]n1. The van der Waals surface area contributed by atoms with Gasteiger partial charge in [0.25, 0.3) is 0 Å². The number of ether oxygens (including phenoxy) is 3. The Morgan fingerprint density at radius 3 is 2.91 bits per heavy atom. The summed E-state index contributed by atoms with van der Waals surface area (Å²) >= 11 is 5.86. The maximum Gasteiger partial charge on any atom is 0.346 e. The number of alkyl halides is 1. The van der Waals surface area contributed by atoms with Gasteiger partial charge in [-0.1, -0.05) is 12.1 Å². The summed E-state index contributed by atoms with van der Waals surface area (Å²) in [7, 11) is 0. The molecule has 0 radical (unpaired) electrons. The van der Waals surface area contributed by atoms with E-state index in [4.69, 9.17) is 31.5 Å². The molecule has 14 nitrogen and oxygen atoms in total. The molecule has 3 aromatic rings. The van der Waals surface area contributed by atoms with Gasteiger partial charge < -0.3 is 25.1 Å². The molecule has 0 bridgehead atoms. The highest BCUT2D eigenvalue weighted by Gasteiger charge is 2.50. The molecule has 0 saturated carbocycles. The van der Waals surface area contributed by atoms with Gasteiger partial charge in [0.05, 0.1) is 19.5 Å². The zero-order chi connectivity index (χ0) is 23.8. The monoisotopic (exact) mass is 485 g/mol. The van der Waals surface area contributed by atoms with Gasteiger partial charge in [0, 0.05) is 0 Å². The fraction of sp³-hybridized carbons (Fsp3) is 0.588. The van der Waals surface area contributed by atoms with E-state index in [-0.39, 0.29) is 47.7 Å². The number of hydrogen-bond acceptors (Lipinski definition) is 12. The van der Waals surface area contributed by atoms with Crippen molar-refractivity contribution in [2.24, 2.45) is 0 Å². The van der Waals surface area contributed by atoms with E-state index >= 15 is 4.39 Å². The fourth-order valence-corrected chi connectivity index (χ4v) is 3.76. The summed E-state index contributed by atoms with van der Waals surface area (Å²) in [6.45, 7) is 2.99. The van der Waals surface area contributed by atoms with Crippen LogP contribution in [0, 0.1) is 0 Å². The number of nitrogen functional groups attached to an aromatic ring is 1. The van der Waals surface area contributed by atoms with Crippen molar-refractivity contribution in [3.63, 3.8) is 0 Å². The molecule has 1 unspecified atom stereocenters. The van der Waals surface area contributed by atoms with E-state index < -0.39 is 36.2 Å². The fourth-order valence-electron chi connectivity index (χ4n) is 3.59. The quantitative estimate of drug-likeness (QED) is 0.287. The molecule has 4 rings (SSSR count). The molecule has 0 spiro atoms. The number of nitrogens with zero attached hydrogens (tertiary/aromatic N) is 7. The first kappa shape index (κ1) is 23.2. The van der Waals surface area contributed by atoms with E-state index in [1.807, 2.05) is 0 Å². The Morgan fingerprint density at radius 2 is 2.24 bits per heavy atom. The number of aliphatic hydroxyl groups excluding tert-OH is 1. The summed E-state index contributed by atoms with van der Waals surface area (Å²) in [6, 6.07) is 0. The van der Waals surface area contributed by atoms with Gasteiger partial charge in [0.1, 0.15) is 17.7 Å². The third-order valence-electron chi connectivity index (χ3n) is 5.29. The second-order valence-corrected chi connectivity index (χ2v) is 7.49. The molecule has 4 heterocycles. The predicted octanol–water partition coefficient (Wildman–Crippen LogP) is 0.0566. The van der Waals surface area contributed by atoms with Gasteiger partial charge >= 0.3 is 5.97 Å². The van der Waals surface area contributed by atoms with Gasteiger partial charge in [-0.2, -0.15) is 15.2 Å². The molecule has 0 amide bonds. The van der Waals surface area contributed by atoms with E-state index in [1.165, 1.54) is 10.9 Å². The molecule has 1 aliphatic heterocycles. The molecule has 5 atom stereocenters. The Kier molecular flexibility index (Phi) is 6.38. The molecule has 4 N–H and O–H groups in total. The van der Waals surface area contributed by atoms with Gasteiger partial charge in [-0.3, -0.25) is 4.57 Å². The minimum Gasteiger partial charge on any atom is -0.463 e. The lowest BCUT2D eigenvalue weighted by Crippen LogP contribution is -2.44. The molecule has 0 aromatic carbocycles. The van der Waals surface area contributed by atoms with E-state index in [2.05, 4.69) is 35.6 Å². The van der Waals surface area contributed by atoms with Crippen LogP contribution in [0.25, 0.3) is 11.2 Å². The van der Waals surface area contributed by atoms with Gasteiger partial charge in [-0.05, 0) is 24.9 Å². The summed E-state index contributed by atoms with van der Waals surface area (Å²) in [6.07, 6.45) is -4.61. The lowest BCUT2D eigenvalue weighted by molar-refractivity contribution is -0.184. The highest BCUT2D eigenvalue weighted by molar-refractivity contribution is 6.28. The first-order valence-electron chi connectivity index (χ1n) is 10.0. The first-order valence-corrected chi connectivity index (χ1v) is 10.4. The number of tetrazole rings is 1. The Balaban J connectivity index is 1.58. The van der Waals surface area contributed by atoms with Crippen molar-refractivity contribution in [1.82, 2.24) is 40.1 Å². The average Bonchev–Trinajstić information content (AvgIpc) is 3.51. The predicted molar refractivity (Wildman–Crippen MR) is 108 cm³/mol. The maximum absolute atomic E-state index is 15.1. The van der Waals surface area contributed by atoms with Crippen LogP contribution in [0.3, 0.4) is 0 Å². The third-order valence-corrected chi connectivity index (χ3v) is 5.46. The first-order chi connectivity index (χ1) is 15.8.